The topological polar surface area (TPSA) is 66.8 Å². The number of aliphatic carboxylic acids is 1. The molecule has 16 heavy (non-hydrogen) atoms. The van der Waals surface area contributed by atoms with Crippen LogP contribution in [0.1, 0.15) is 33.1 Å². The number of piperidine rings is 1. The molecule has 0 aliphatic carbocycles. The standard InChI is InChI=1S/C11H19NO4/c1-3-8-5-6-12(11(15)16-4-2)9(7-8)10(13)14/h8-9H,3-7H2,1-2H3,(H,13,14). The molecule has 0 aromatic carbocycles. The Morgan fingerprint density at radius 2 is 2.12 bits per heavy atom. The molecule has 1 aliphatic rings. The fourth-order valence-electron chi connectivity index (χ4n) is 2.07. The van der Waals surface area contributed by atoms with Crippen LogP contribution in [0.15, 0.2) is 0 Å². The molecule has 1 N–H and O–H groups in total. The number of likely N-dealkylation sites (tertiary alicyclic amines) is 1. The van der Waals surface area contributed by atoms with Crippen molar-refractivity contribution in [3.05, 3.63) is 0 Å². The molecule has 2 unspecified atom stereocenters. The van der Waals surface area contributed by atoms with Crippen molar-refractivity contribution in [3.8, 4) is 0 Å². The number of hydrogen-bond donors (Lipinski definition) is 1. The highest BCUT2D eigenvalue weighted by molar-refractivity contribution is 5.80. The number of rotatable bonds is 3. The number of carbonyl (C=O) groups is 2. The maximum atomic E-state index is 11.5. The highest BCUT2D eigenvalue weighted by atomic mass is 16.6. The molecule has 0 bridgehead atoms. The first kappa shape index (κ1) is 12.8. The van der Waals surface area contributed by atoms with Crippen LogP contribution in [0.25, 0.3) is 0 Å². The van der Waals surface area contributed by atoms with Gasteiger partial charge >= 0.3 is 12.1 Å². The van der Waals surface area contributed by atoms with E-state index in [2.05, 4.69) is 0 Å². The van der Waals surface area contributed by atoms with Crippen LogP contribution in [-0.2, 0) is 9.53 Å². The molecule has 5 heteroatoms. The average Bonchev–Trinajstić information content (AvgIpc) is 2.28. The van der Waals surface area contributed by atoms with Gasteiger partial charge in [-0.3, -0.25) is 4.90 Å². The van der Waals surface area contributed by atoms with Gasteiger partial charge < -0.3 is 9.84 Å². The van der Waals surface area contributed by atoms with Crippen molar-refractivity contribution >= 4 is 12.1 Å². The minimum Gasteiger partial charge on any atom is -0.480 e. The van der Waals surface area contributed by atoms with Crippen LogP contribution in [0.4, 0.5) is 4.79 Å². The molecule has 0 saturated carbocycles. The van der Waals surface area contributed by atoms with Gasteiger partial charge in [-0.2, -0.15) is 0 Å². The van der Waals surface area contributed by atoms with Gasteiger partial charge in [0.1, 0.15) is 6.04 Å². The van der Waals surface area contributed by atoms with Crippen molar-refractivity contribution in [1.29, 1.82) is 0 Å². The maximum Gasteiger partial charge on any atom is 0.410 e. The van der Waals surface area contributed by atoms with E-state index in [0.717, 1.165) is 12.8 Å². The molecule has 1 heterocycles. The summed E-state index contributed by atoms with van der Waals surface area (Å²) in [4.78, 5) is 24.0. The number of amides is 1. The molecule has 0 aromatic rings. The van der Waals surface area contributed by atoms with Gasteiger partial charge in [-0.15, -0.1) is 0 Å². The highest BCUT2D eigenvalue weighted by Crippen LogP contribution is 2.26. The number of carbonyl (C=O) groups excluding carboxylic acids is 1. The van der Waals surface area contributed by atoms with Crippen LogP contribution in [0.2, 0.25) is 0 Å². The lowest BCUT2D eigenvalue weighted by molar-refractivity contribution is -0.144. The number of ether oxygens (including phenoxy) is 1. The van der Waals surface area contributed by atoms with E-state index in [0.29, 0.717) is 18.9 Å². The monoisotopic (exact) mass is 229 g/mol. The van der Waals surface area contributed by atoms with Crippen molar-refractivity contribution in [2.24, 2.45) is 5.92 Å². The van der Waals surface area contributed by atoms with Crippen molar-refractivity contribution in [1.82, 2.24) is 4.90 Å². The van der Waals surface area contributed by atoms with Crippen LogP contribution in [0, 0.1) is 5.92 Å². The molecule has 0 spiro atoms. The molecule has 2 atom stereocenters. The molecule has 0 aromatic heterocycles. The Hall–Kier alpha value is -1.26. The van der Waals surface area contributed by atoms with Gasteiger partial charge in [-0.1, -0.05) is 13.3 Å². The molecule has 1 aliphatic heterocycles. The Bertz CT molecular complexity index is 267. The minimum absolute atomic E-state index is 0.277. The van der Waals surface area contributed by atoms with Gasteiger partial charge in [-0.25, -0.2) is 9.59 Å². The van der Waals surface area contributed by atoms with Crippen molar-refractivity contribution in [3.63, 3.8) is 0 Å². The van der Waals surface area contributed by atoms with E-state index in [9.17, 15) is 9.59 Å². The SMILES string of the molecule is CCOC(=O)N1CCC(CC)CC1C(=O)O. The van der Waals surface area contributed by atoms with Gasteiger partial charge in [-0.05, 0) is 25.7 Å². The molecule has 0 radical (unpaired) electrons. The predicted molar refractivity (Wildman–Crippen MR) is 58.2 cm³/mol. The second kappa shape index (κ2) is 5.72. The van der Waals surface area contributed by atoms with Crippen molar-refractivity contribution in [2.75, 3.05) is 13.2 Å². The summed E-state index contributed by atoms with van der Waals surface area (Å²) in [5, 5.41) is 9.09. The summed E-state index contributed by atoms with van der Waals surface area (Å²) in [6.07, 6.45) is 1.84. The molecule has 1 fully saturated rings. The van der Waals surface area contributed by atoms with E-state index in [1.54, 1.807) is 6.92 Å². The van der Waals surface area contributed by atoms with E-state index in [-0.39, 0.29) is 6.61 Å². The third-order valence-electron chi connectivity index (χ3n) is 3.08. The van der Waals surface area contributed by atoms with Crippen LogP contribution in [0.3, 0.4) is 0 Å². The molecule has 92 valence electrons. The van der Waals surface area contributed by atoms with Gasteiger partial charge in [0, 0.05) is 6.54 Å². The van der Waals surface area contributed by atoms with Gasteiger partial charge in [0.2, 0.25) is 0 Å². The fraction of sp³-hybridized carbons (Fsp3) is 0.818. The summed E-state index contributed by atoms with van der Waals surface area (Å²) in [7, 11) is 0. The van der Waals surface area contributed by atoms with E-state index in [1.165, 1.54) is 4.90 Å². The van der Waals surface area contributed by atoms with Gasteiger partial charge in [0.25, 0.3) is 0 Å². The zero-order valence-corrected chi connectivity index (χ0v) is 9.81. The van der Waals surface area contributed by atoms with Crippen molar-refractivity contribution in [2.45, 2.75) is 39.2 Å². The molecular weight excluding hydrogens is 210 g/mol. The maximum absolute atomic E-state index is 11.5. The predicted octanol–water partition coefficient (Wildman–Crippen LogP) is 1.72. The van der Waals surface area contributed by atoms with Crippen LogP contribution < -0.4 is 0 Å². The zero-order chi connectivity index (χ0) is 12.1. The van der Waals surface area contributed by atoms with Crippen LogP contribution >= 0.6 is 0 Å². The Kier molecular flexibility index (Phi) is 4.58. The third-order valence-corrected chi connectivity index (χ3v) is 3.08. The van der Waals surface area contributed by atoms with E-state index in [4.69, 9.17) is 9.84 Å². The van der Waals surface area contributed by atoms with E-state index in [1.807, 2.05) is 6.92 Å². The fourth-order valence-corrected chi connectivity index (χ4v) is 2.07. The number of hydrogen-bond acceptors (Lipinski definition) is 3. The summed E-state index contributed by atoms with van der Waals surface area (Å²) in [5.74, 6) is -0.544. The van der Waals surface area contributed by atoms with E-state index >= 15 is 0 Å². The zero-order valence-electron chi connectivity index (χ0n) is 9.81. The second-order valence-electron chi connectivity index (χ2n) is 4.05. The van der Waals surface area contributed by atoms with Crippen LogP contribution in [-0.4, -0.2) is 41.3 Å². The normalized spacial score (nSPS) is 25.2. The molecule has 5 nitrogen and oxygen atoms in total. The van der Waals surface area contributed by atoms with Crippen LogP contribution in [0.5, 0.6) is 0 Å². The van der Waals surface area contributed by atoms with E-state index < -0.39 is 18.1 Å². The lowest BCUT2D eigenvalue weighted by Crippen LogP contribution is -2.50. The Morgan fingerprint density at radius 3 is 2.62 bits per heavy atom. The minimum atomic E-state index is -0.939. The summed E-state index contributed by atoms with van der Waals surface area (Å²) in [6.45, 7) is 4.52. The Morgan fingerprint density at radius 1 is 1.44 bits per heavy atom. The second-order valence-corrected chi connectivity index (χ2v) is 4.05. The number of carboxylic acids is 1. The van der Waals surface area contributed by atoms with Gasteiger partial charge in [0.05, 0.1) is 6.61 Å². The first-order valence-electron chi connectivity index (χ1n) is 5.76. The Labute approximate surface area is 95.4 Å². The third kappa shape index (κ3) is 2.87. The summed E-state index contributed by atoms with van der Waals surface area (Å²) in [6, 6.07) is -0.724. The highest BCUT2D eigenvalue weighted by Gasteiger charge is 2.36. The molecule has 1 amide bonds. The molecular formula is C11H19NO4. The number of nitrogens with zero attached hydrogens (tertiary/aromatic N) is 1. The number of carboxylic acid groups (broad SMARTS) is 1. The lowest BCUT2D eigenvalue weighted by atomic mass is 9.89. The summed E-state index contributed by atoms with van der Waals surface area (Å²) >= 11 is 0. The average molecular weight is 229 g/mol. The van der Waals surface area contributed by atoms with Gasteiger partial charge in [0.15, 0.2) is 0 Å². The smallest absolute Gasteiger partial charge is 0.410 e. The Balaban J connectivity index is 2.68. The largest absolute Gasteiger partial charge is 0.480 e. The first-order chi connectivity index (χ1) is 7.60. The molecule has 1 rings (SSSR count). The molecule has 1 saturated heterocycles. The summed E-state index contributed by atoms with van der Waals surface area (Å²) in [5.41, 5.74) is 0. The first-order valence-corrected chi connectivity index (χ1v) is 5.76. The van der Waals surface area contributed by atoms with Crippen molar-refractivity contribution < 1.29 is 19.4 Å². The summed E-state index contributed by atoms with van der Waals surface area (Å²) < 4.78 is 4.85. The quantitative estimate of drug-likeness (QED) is 0.800. The lowest BCUT2D eigenvalue weighted by Gasteiger charge is -2.35.